The Labute approximate surface area is 193 Å². The van der Waals surface area contributed by atoms with Crippen LogP contribution in [0.15, 0.2) is 66.7 Å². The van der Waals surface area contributed by atoms with Gasteiger partial charge in [-0.15, -0.1) is 0 Å². The van der Waals surface area contributed by atoms with Crippen LogP contribution in [0.25, 0.3) is 0 Å². The molecule has 0 radical (unpaired) electrons. The molecule has 0 heterocycles. The highest BCUT2D eigenvalue weighted by Gasteiger charge is 2.61. The van der Waals surface area contributed by atoms with Crippen molar-refractivity contribution in [2.24, 2.45) is 17.3 Å². The lowest BCUT2D eigenvalue weighted by Crippen LogP contribution is -2.14. The molecular weight excluding hydrogens is 422 g/mol. The van der Waals surface area contributed by atoms with Crippen LogP contribution in [0.3, 0.4) is 0 Å². The number of nitrogens with zero attached hydrogens (tertiary/aromatic N) is 1. The Kier molecular flexibility index (Phi) is 7.86. The quantitative estimate of drug-likeness (QED) is 0.297. The first-order valence-electron chi connectivity index (χ1n) is 10.6. The molecule has 0 saturated heterocycles. The molecule has 0 amide bonds. The Morgan fingerprint density at radius 2 is 1.82 bits per heavy atom. The second-order valence-corrected chi connectivity index (χ2v) is 8.28. The molecule has 0 aliphatic heterocycles. The number of carbonyl (C=O) groups is 2. The number of rotatable bonds is 10. The lowest BCUT2D eigenvalue weighted by atomic mass is 10.1. The van der Waals surface area contributed by atoms with E-state index in [2.05, 4.69) is 0 Å². The van der Waals surface area contributed by atoms with E-state index in [0.717, 1.165) is 0 Å². The van der Waals surface area contributed by atoms with Crippen molar-refractivity contribution in [1.29, 1.82) is 5.26 Å². The van der Waals surface area contributed by atoms with Crippen molar-refractivity contribution in [3.8, 4) is 17.6 Å². The van der Waals surface area contributed by atoms with E-state index < -0.39 is 29.4 Å². The fourth-order valence-corrected chi connectivity index (χ4v) is 3.67. The number of para-hydroxylation sites is 1. The van der Waals surface area contributed by atoms with Gasteiger partial charge < -0.3 is 18.9 Å². The van der Waals surface area contributed by atoms with Crippen LogP contribution in [0.2, 0.25) is 0 Å². The van der Waals surface area contributed by atoms with Gasteiger partial charge in [-0.3, -0.25) is 4.79 Å². The smallest absolute Gasteiger partial charge is 0.330 e. The van der Waals surface area contributed by atoms with Crippen molar-refractivity contribution in [1.82, 2.24) is 0 Å². The minimum absolute atomic E-state index is 0.163. The number of hydrogen-bond acceptors (Lipinski definition) is 7. The summed E-state index contributed by atoms with van der Waals surface area (Å²) in [6.45, 7) is 4.31. The first-order valence-corrected chi connectivity index (χ1v) is 10.6. The van der Waals surface area contributed by atoms with Crippen molar-refractivity contribution < 1.29 is 28.5 Å². The summed E-state index contributed by atoms with van der Waals surface area (Å²) in [5.41, 5.74) is 0.130. The second-order valence-electron chi connectivity index (χ2n) is 8.28. The van der Waals surface area contributed by atoms with Gasteiger partial charge in [0.25, 0.3) is 0 Å². The molecule has 3 atom stereocenters. The highest BCUT2D eigenvalue weighted by atomic mass is 16.6. The maximum Gasteiger partial charge on any atom is 0.330 e. The molecule has 33 heavy (non-hydrogen) atoms. The number of ether oxygens (including phenoxy) is 4. The monoisotopic (exact) mass is 449 g/mol. The number of methoxy groups -OCH3 is 1. The standard InChI is InChI=1S/C26H27NO6/c1-26(2)21(12-13-23(28)31-15-14-30-3)24(26)25(29)33-22(17-27)18-8-7-11-20(16-18)32-19-9-5-4-6-10-19/h4-13,16,21-22,24H,14-15H2,1-3H3/t21-,22+,24-/m0/s1. The summed E-state index contributed by atoms with van der Waals surface area (Å²) in [5, 5.41) is 9.63. The second kappa shape index (κ2) is 10.8. The summed E-state index contributed by atoms with van der Waals surface area (Å²) < 4.78 is 21.2. The number of nitriles is 1. The van der Waals surface area contributed by atoms with E-state index in [1.807, 2.05) is 50.2 Å². The van der Waals surface area contributed by atoms with Crippen molar-refractivity contribution in [2.75, 3.05) is 20.3 Å². The maximum atomic E-state index is 12.8. The first-order chi connectivity index (χ1) is 15.9. The molecule has 7 nitrogen and oxygen atoms in total. The molecule has 0 unspecified atom stereocenters. The van der Waals surface area contributed by atoms with Gasteiger partial charge in [-0.1, -0.05) is 50.3 Å². The van der Waals surface area contributed by atoms with Gasteiger partial charge in [0.05, 0.1) is 12.5 Å². The summed E-state index contributed by atoms with van der Waals surface area (Å²) in [5.74, 6) is -0.424. The van der Waals surface area contributed by atoms with Gasteiger partial charge in [0, 0.05) is 18.7 Å². The molecule has 0 spiro atoms. The predicted molar refractivity (Wildman–Crippen MR) is 120 cm³/mol. The van der Waals surface area contributed by atoms with E-state index in [0.29, 0.717) is 23.7 Å². The molecule has 7 heteroatoms. The molecule has 0 aromatic heterocycles. The van der Waals surface area contributed by atoms with E-state index >= 15 is 0 Å². The topological polar surface area (TPSA) is 94.9 Å². The molecular formula is C26H27NO6. The van der Waals surface area contributed by atoms with Gasteiger partial charge in [0.2, 0.25) is 6.10 Å². The Hall–Kier alpha value is -3.63. The average Bonchev–Trinajstić information content (AvgIpc) is 3.37. The highest BCUT2D eigenvalue weighted by molar-refractivity contribution is 5.83. The van der Waals surface area contributed by atoms with Gasteiger partial charge in [-0.2, -0.15) is 5.26 Å². The van der Waals surface area contributed by atoms with E-state index in [1.165, 1.54) is 13.2 Å². The average molecular weight is 450 g/mol. The van der Waals surface area contributed by atoms with Crippen molar-refractivity contribution in [2.45, 2.75) is 20.0 Å². The third-order valence-electron chi connectivity index (χ3n) is 5.63. The summed E-state index contributed by atoms with van der Waals surface area (Å²) in [7, 11) is 1.52. The molecule has 1 aliphatic carbocycles. The Bertz CT molecular complexity index is 1040. The summed E-state index contributed by atoms with van der Waals surface area (Å²) in [6.07, 6.45) is 1.91. The summed E-state index contributed by atoms with van der Waals surface area (Å²) >= 11 is 0. The van der Waals surface area contributed by atoms with Gasteiger partial charge >= 0.3 is 11.9 Å². The minimum atomic E-state index is -1.07. The van der Waals surface area contributed by atoms with E-state index in [-0.39, 0.29) is 12.5 Å². The molecule has 3 rings (SSSR count). The zero-order chi connectivity index (χ0) is 23.8. The largest absolute Gasteiger partial charge is 0.460 e. The Morgan fingerprint density at radius 1 is 1.09 bits per heavy atom. The highest BCUT2D eigenvalue weighted by Crippen LogP contribution is 2.59. The van der Waals surface area contributed by atoms with Gasteiger partial charge in [-0.25, -0.2) is 4.79 Å². The minimum Gasteiger partial charge on any atom is -0.460 e. The number of allylic oxidation sites excluding steroid dienone is 1. The molecule has 2 aromatic carbocycles. The van der Waals surface area contributed by atoms with Crippen LogP contribution < -0.4 is 4.74 Å². The SMILES string of the molecule is COCCOC(=O)C=C[C@H]1[C@@H](C(=O)O[C@H](C#N)c2cccc(Oc3ccccc3)c2)C1(C)C. The zero-order valence-electron chi connectivity index (χ0n) is 18.9. The first kappa shape index (κ1) is 24.0. The van der Waals surface area contributed by atoms with Crippen LogP contribution in [-0.4, -0.2) is 32.3 Å². The Balaban J connectivity index is 1.62. The van der Waals surface area contributed by atoms with Crippen LogP contribution in [0, 0.1) is 28.6 Å². The van der Waals surface area contributed by atoms with Crippen LogP contribution in [0.1, 0.15) is 25.5 Å². The summed E-state index contributed by atoms with van der Waals surface area (Å²) in [6, 6.07) is 18.2. The van der Waals surface area contributed by atoms with E-state index in [4.69, 9.17) is 18.9 Å². The molecule has 2 aromatic rings. The molecule has 1 saturated carbocycles. The number of benzene rings is 2. The van der Waals surface area contributed by atoms with Crippen molar-refractivity contribution in [3.63, 3.8) is 0 Å². The molecule has 172 valence electrons. The number of carbonyl (C=O) groups excluding carboxylic acids is 2. The lowest BCUT2D eigenvalue weighted by Gasteiger charge is -2.13. The van der Waals surface area contributed by atoms with Crippen LogP contribution in [0.4, 0.5) is 0 Å². The Morgan fingerprint density at radius 3 is 2.52 bits per heavy atom. The van der Waals surface area contributed by atoms with Crippen LogP contribution in [-0.2, 0) is 23.8 Å². The third-order valence-corrected chi connectivity index (χ3v) is 5.63. The third kappa shape index (κ3) is 6.21. The fraction of sp³-hybridized carbons (Fsp3) is 0.346. The van der Waals surface area contributed by atoms with Gasteiger partial charge in [0.1, 0.15) is 24.2 Å². The fourth-order valence-electron chi connectivity index (χ4n) is 3.67. The van der Waals surface area contributed by atoms with Gasteiger partial charge in [-0.05, 0) is 35.6 Å². The van der Waals surface area contributed by atoms with Gasteiger partial charge in [0.15, 0.2) is 0 Å². The van der Waals surface area contributed by atoms with E-state index in [9.17, 15) is 14.9 Å². The van der Waals surface area contributed by atoms with Crippen LogP contribution in [0.5, 0.6) is 11.5 Å². The molecule has 0 N–H and O–H groups in total. The molecule has 1 aliphatic rings. The molecule has 0 bridgehead atoms. The van der Waals surface area contributed by atoms with Crippen LogP contribution >= 0.6 is 0 Å². The zero-order valence-corrected chi connectivity index (χ0v) is 18.9. The normalized spacial score (nSPS) is 19.3. The summed E-state index contributed by atoms with van der Waals surface area (Å²) in [4.78, 5) is 24.6. The van der Waals surface area contributed by atoms with Crippen molar-refractivity contribution in [3.05, 3.63) is 72.3 Å². The maximum absolute atomic E-state index is 12.8. The number of hydrogen-bond donors (Lipinski definition) is 0. The van der Waals surface area contributed by atoms with E-state index in [1.54, 1.807) is 30.3 Å². The molecule has 1 fully saturated rings. The number of esters is 2. The lowest BCUT2D eigenvalue weighted by molar-refractivity contribution is -0.149. The van der Waals surface area contributed by atoms with Crippen molar-refractivity contribution >= 4 is 11.9 Å². The predicted octanol–water partition coefficient (Wildman–Crippen LogP) is 4.60.